The first kappa shape index (κ1) is 29.9. The lowest BCUT2D eigenvalue weighted by atomic mass is 9.84. The van der Waals surface area contributed by atoms with E-state index in [-0.39, 0.29) is 30.0 Å². The van der Waals surface area contributed by atoms with E-state index in [9.17, 15) is 24.3 Å². The molecule has 0 saturated carbocycles. The third kappa shape index (κ3) is 7.18. The van der Waals surface area contributed by atoms with Crippen molar-refractivity contribution in [2.24, 2.45) is 11.1 Å². The molecule has 3 N–H and O–H groups in total. The van der Waals surface area contributed by atoms with Crippen LogP contribution in [0.15, 0.2) is 78.0 Å². The number of Topliss-reactive ketones (excluding diaryl/α,β-unsaturated/α-hetero) is 1. The van der Waals surface area contributed by atoms with Crippen LogP contribution in [0.1, 0.15) is 42.6 Å². The fraction of sp³-hybridized carbons (Fsp3) is 0.323. The lowest BCUT2D eigenvalue weighted by Gasteiger charge is -2.29. The topological polar surface area (TPSA) is 134 Å². The Morgan fingerprint density at radius 1 is 0.976 bits per heavy atom. The van der Waals surface area contributed by atoms with Gasteiger partial charge in [0, 0.05) is 18.4 Å². The van der Waals surface area contributed by atoms with E-state index in [2.05, 4.69) is 31.7 Å². The fourth-order valence-corrected chi connectivity index (χ4v) is 5.28. The summed E-state index contributed by atoms with van der Waals surface area (Å²) in [5, 5.41) is 21.1. The summed E-state index contributed by atoms with van der Waals surface area (Å²) in [6.07, 6.45) is -0.406. The minimum Gasteiger partial charge on any atom is -0.481 e. The predicted molar refractivity (Wildman–Crippen MR) is 159 cm³/mol. The zero-order chi connectivity index (χ0) is 29.6. The molecule has 0 spiro atoms. The Kier molecular flexibility index (Phi) is 9.54. The van der Waals surface area contributed by atoms with Crippen molar-refractivity contribution in [3.05, 3.63) is 83.9 Å². The van der Waals surface area contributed by atoms with Gasteiger partial charge in [-0.2, -0.15) is 0 Å². The molecule has 41 heavy (non-hydrogen) atoms. The molecule has 2 unspecified atom stereocenters. The van der Waals surface area contributed by atoms with Gasteiger partial charge in [-0.15, -0.1) is 0 Å². The molecule has 0 bridgehead atoms. The summed E-state index contributed by atoms with van der Waals surface area (Å²) in [5.74, 6) is -2.72. The van der Waals surface area contributed by atoms with Crippen molar-refractivity contribution in [3.8, 4) is 0 Å². The summed E-state index contributed by atoms with van der Waals surface area (Å²) < 4.78 is 0. The van der Waals surface area contributed by atoms with Gasteiger partial charge in [-0.25, -0.2) is 0 Å². The quantitative estimate of drug-likeness (QED) is 0.259. The highest BCUT2D eigenvalue weighted by atomic mass is 79.9. The molecule has 2 amide bonds. The molecule has 214 valence electrons. The molecule has 1 aliphatic rings. The number of aliphatic carboxylic acids is 1. The molecule has 1 aliphatic heterocycles. The normalized spacial score (nSPS) is 17.8. The molecule has 3 aromatic rings. The average molecular weight is 623 g/mol. The molecule has 1 heterocycles. The number of nitrogens with zero attached hydrogens (tertiary/aromatic N) is 1. The number of rotatable bonds is 12. The van der Waals surface area contributed by atoms with E-state index < -0.39 is 41.8 Å². The molecule has 9 nitrogen and oxygen atoms in total. The number of fused-ring (bicyclic) bond motifs is 1. The van der Waals surface area contributed by atoms with Gasteiger partial charge in [0.05, 0.1) is 29.5 Å². The molecule has 10 heteroatoms. The van der Waals surface area contributed by atoms with Crippen molar-refractivity contribution >= 4 is 56.0 Å². The Morgan fingerprint density at radius 2 is 1.66 bits per heavy atom. The highest BCUT2D eigenvalue weighted by Crippen LogP contribution is 2.32. The number of hydrogen-bond donors (Lipinski definition) is 3. The van der Waals surface area contributed by atoms with E-state index in [0.717, 1.165) is 16.3 Å². The third-order valence-corrected chi connectivity index (χ3v) is 7.63. The van der Waals surface area contributed by atoms with Gasteiger partial charge >= 0.3 is 5.97 Å². The molecule has 0 radical (unpaired) electrons. The first-order valence-electron chi connectivity index (χ1n) is 13.3. The minimum absolute atomic E-state index is 0.0386. The van der Waals surface area contributed by atoms with Crippen LogP contribution in [0, 0.1) is 5.92 Å². The van der Waals surface area contributed by atoms with Gasteiger partial charge < -0.3 is 20.6 Å². The maximum Gasteiger partial charge on any atom is 0.305 e. The predicted octanol–water partition coefficient (Wildman–Crippen LogP) is 4.28. The maximum absolute atomic E-state index is 13.7. The van der Waals surface area contributed by atoms with Crippen LogP contribution in [-0.2, 0) is 25.6 Å². The Bertz CT molecular complexity index is 1470. The molecule has 3 atom stereocenters. The van der Waals surface area contributed by atoms with Crippen molar-refractivity contribution < 1.29 is 29.1 Å². The molecule has 4 rings (SSSR count). The monoisotopic (exact) mass is 621 g/mol. The Morgan fingerprint density at radius 3 is 2.32 bits per heavy atom. The second-order valence-electron chi connectivity index (χ2n) is 10.5. The number of oxime groups is 1. The molecule has 0 fully saturated rings. The standard InChI is InChI=1S/C31H32BrN3O6/c1-19(2)28(34-29(39)23-13-12-21-10-6-7-11-22(21)14-23)25-17-31(41-35-25,16-20-8-4-3-5-9-20)30(40)33-24(15-27(37)38)26(36)18-32/h3-14,19,24,28H,15-18H2,1-2H3,(H,33,40)(H,34,39)(H,37,38)/t24-,28?,31?/m0/s1. The van der Waals surface area contributed by atoms with Crippen molar-refractivity contribution in [1.29, 1.82) is 0 Å². The van der Waals surface area contributed by atoms with Crippen molar-refractivity contribution in [3.63, 3.8) is 0 Å². The van der Waals surface area contributed by atoms with Gasteiger partial charge in [-0.3, -0.25) is 19.2 Å². The highest BCUT2D eigenvalue weighted by molar-refractivity contribution is 9.09. The van der Waals surface area contributed by atoms with E-state index in [1.54, 1.807) is 6.07 Å². The van der Waals surface area contributed by atoms with Crippen molar-refractivity contribution in [1.82, 2.24) is 10.6 Å². The maximum atomic E-state index is 13.7. The van der Waals surface area contributed by atoms with E-state index in [1.165, 1.54) is 0 Å². The van der Waals surface area contributed by atoms with Crippen LogP contribution in [0.25, 0.3) is 10.8 Å². The van der Waals surface area contributed by atoms with E-state index in [1.807, 2.05) is 80.6 Å². The number of amides is 2. The Balaban J connectivity index is 1.58. The molecule has 3 aromatic carbocycles. The van der Waals surface area contributed by atoms with Crippen molar-refractivity contribution in [2.45, 2.75) is 50.8 Å². The smallest absolute Gasteiger partial charge is 0.305 e. The summed E-state index contributed by atoms with van der Waals surface area (Å²) >= 11 is 3.06. The fourth-order valence-electron chi connectivity index (χ4n) is 4.88. The second-order valence-corrected chi connectivity index (χ2v) is 11.0. The number of carboxylic acids is 1. The molecular weight excluding hydrogens is 590 g/mol. The van der Waals surface area contributed by atoms with Gasteiger partial charge in [0.15, 0.2) is 5.78 Å². The number of nitrogens with one attached hydrogen (secondary N) is 2. The van der Waals surface area contributed by atoms with Crippen LogP contribution in [0.4, 0.5) is 0 Å². The Labute approximate surface area is 246 Å². The van der Waals surface area contributed by atoms with Gasteiger partial charge in [0.1, 0.15) is 0 Å². The zero-order valence-corrected chi connectivity index (χ0v) is 24.4. The number of carbonyl (C=O) groups excluding carboxylic acids is 3. The number of alkyl halides is 1. The highest BCUT2D eigenvalue weighted by Gasteiger charge is 2.49. The molecule has 0 aromatic heterocycles. The third-order valence-electron chi connectivity index (χ3n) is 7.08. The largest absolute Gasteiger partial charge is 0.481 e. The van der Waals surface area contributed by atoms with Gasteiger partial charge in [-0.05, 0) is 34.4 Å². The lowest BCUT2D eigenvalue weighted by molar-refractivity contribution is -0.147. The summed E-state index contributed by atoms with van der Waals surface area (Å²) in [6, 6.07) is 20.7. The first-order valence-corrected chi connectivity index (χ1v) is 14.4. The summed E-state index contributed by atoms with van der Waals surface area (Å²) in [7, 11) is 0. The molecule has 0 aliphatic carbocycles. The number of carboxylic acid groups (broad SMARTS) is 1. The summed E-state index contributed by atoms with van der Waals surface area (Å²) in [4.78, 5) is 56.7. The summed E-state index contributed by atoms with van der Waals surface area (Å²) in [6.45, 7) is 3.87. The van der Waals surface area contributed by atoms with Gasteiger partial charge in [0.25, 0.3) is 11.8 Å². The van der Waals surface area contributed by atoms with Crippen LogP contribution in [-0.4, -0.2) is 57.4 Å². The van der Waals surface area contributed by atoms with E-state index >= 15 is 0 Å². The number of carbonyl (C=O) groups is 4. The van der Waals surface area contributed by atoms with Crippen LogP contribution >= 0.6 is 15.9 Å². The Hall–Kier alpha value is -4.05. The second kappa shape index (κ2) is 13.1. The molecule has 0 saturated heterocycles. The van der Waals surface area contributed by atoms with E-state index in [0.29, 0.717) is 11.3 Å². The van der Waals surface area contributed by atoms with Crippen LogP contribution in [0.2, 0.25) is 0 Å². The van der Waals surface area contributed by atoms with Gasteiger partial charge in [0.2, 0.25) is 5.60 Å². The number of benzene rings is 3. The van der Waals surface area contributed by atoms with Crippen LogP contribution in [0.5, 0.6) is 0 Å². The number of hydrogen-bond acceptors (Lipinski definition) is 6. The number of ketones is 1. The lowest BCUT2D eigenvalue weighted by Crippen LogP contribution is -2.55. The number of halogens is 1. The van der Waals surface area contributed by atoms with Crippen LogP contribution < -0.4 is 10.6 Å². The minimum atomic E-state index is -1.54. The summed E-state index contributed by atoms with van der Waals surface area (Å²) in [5.41, 5.74) is 0.219. The first-order chi connectivity index (χ1) is 19.6. The van der Waals surface area contributed by atoms with Gasteiger partial charge in [-0.1, -0.05) is 95.6 Å². The van der Waals surface area contributed by atoms with E-state index in [4.69, 9.17) is 4.84 Å². The molecular formula is C31H32BrN3O6. The average Bonchev–Trinajstić information content (AvgIpc) is 3.39. The SMILES string of the molecule is CC(C)C(NC(=O)c1ccc2ccccc2c1)C1=NOC(Cc2ccccc2)(C(=O)N[C@@H](CC(=O)O)C(=O)CBr)C1. The zero-order valence-electron chi connectivity index (χ0n) is 22.8. The van der Waals surface area contributed by atoms with Crippen LogP contribution in [0.3, 0.4) is 0 Å². The van der Waals surface area contributed by atoms with Crippen molar-refractivity contribution in [2.75, 3.05) is 5.33 Å².